The first kappa shape index (κ1) is 31.1. The minimum atomic E-state index is -0.684. The molecule has 1 amide bonds. The summed E-state index contributed by atoms with van der Waals surface area (Å²) in [4.78, 5) is 18.6. The second-order valence-corrected chi connectivity index (χ2v) is 11.7. The minimum Gasteiger partial charge on any atom is -0.495 e. The highest BCUT2D eigenvalue weighted by molar-refractivity contribution is 7.98. The first-order valence-electron chi connectivity index (χ1n) is 14.2. The van der Waals surface area contributed by atoms with Gasteiger partial charge in [-0.05, 0) is 60.5 Å². The molecule has 1 aromatic heterocycles. The lowest BCUT2D eigenvalue weighted by Gasteiger charge is -2.29. The number of allylic oxidation sites excluding steroid dienone is 1. The van der Waals surface area contributed by atoms with Crippen molar-refractivity contribution in [3.05, 3.63) is 136 Å². The summed E-state index contributed by atoms with van der Waals surface area (Å²) in [6.45, 7) is 1.74. The van der Waals surface area contributed by atoms with E-state index in [9.17, 15) is 13.6 Å². The summed E-state index contributed by atoms with van der Waals surface area (Å²) in [5.74, 6) is 0.635. The molecule has 1 unspecified atom stereocenters. The van der Waals surface area contributed by atoms with Gasteiger partial charge in [-0.1, -0.05) is 71.9 Å². The molecule has 0 spiro atoms. The predicted octanol–water partition coefficient (Wildman–Crippen LogP) is 8.02. The van der Waals surface area contributed by atoms with Gasteiger partial charge in [0, 0.05) is 17.0 Å². The highest BCUT2D eigenvalue weighted by Gasteiger charge is 2.35. The Balaban J connectivity index is 1.31. The number of hydrogen-bond donors (Lipinski definition) is 2. The quantitative estimate of drug-likeness (QED) is 0.147. The van der Waals surface area contributed by atoms with E-state index in [2.05, 4.69) is 15.6 Å². The molecule has 12 heteroatoms. The molecule has 2 N–H and O–H groups in total. The third-order valence-corrected chi connectivity index (χ3v) is 8.63. The maximum Gasteiger partial charge on any atom is 0.255 e. The monoisotopic (exact) mass is 659 g/mol. The van der Waals surface area contributed by atoms with Crippen LogP contribution in [-0.4, -0.2) is 27.8 Å². The minimum absolute atomic E-state index is 0.0560. The van der Waals surface area contributed by atoms with Crippen LogP contribution in [0.15, 0.2) is 107 Å². The summed E-state index contributed by atoms with van der Waals surface area (Å²) >= 11 is 7.45. The smallest absolute Gasteiger partial charge is 0.255 e. The number of halogens is 3. The number of nitrogens with zero attached hydrogens (tertiary/aromatic N) is 3. The number of aromatic nitrogens is 3. The molecule has 234 valence electrons. The molecule has 1 atom stereocenters. The van der Waals surface area contributed by atoms with Crippen LogP contribution < -0.4 is 20.1 Å². The van der Waals surface area contributed by atoms with Crippen LogP contribution in [0.5, 0.6) is 11.5 Å². The van der Waals surface area contributed by atoms with Crippen molar-refractivity contribution in [2.45, 2.75) is 30.5 Å². The molecule has 0 radical (unpaired) electrons. The number of fused-ring (bicyclic) bond motifs is 1. The van der Waals surface area contributed by atoms with Gasteiger partial charge in [0.1, 0.15) is 35.8 Å². The maximum atomic E-state index is 14.3. The van der Waals surface area contributed by atoms with Crippen LogP contribution >= 0.6 is 23.4 Å². The summed E-state index contributed by atoms with van der Waals surface area (Å²) in [6.07, 6.45) is 0. The summed E-state index contributed by atoms with van der Waals surface area (Å²) in [7, 11) is 1.53. The van der Waals surface area contributed by atoms with E-state index < -0.39 is 11.9 Å². The Labute approximate surface area is 273 Å². The fourth-order valence-electron chi connectivity index (χ4n) is 5.06. The van der Waals surface area contributed by atoms with Gasteiger partial charge in [-0.15, -0.1) is 5.10 Å². The fraction of sp³-hybridized carbons (Fsp3) is 0.147. The molecule has 0 saturated carbocycles. The van der Waals surface area contributed by atoms with Crippen LogP contribution in [0.3, 0.4) is 0 Å². The van der Waals surface area contributed by atoms with Crippen molar-refractivity contribution in [2.24, 2.45) is 0 Å². The highest BCUT2D eigenvalue weighted by Crippen LogP contribution is 2.38. The number of ether oxygens (including phenoxy) is 2. The van der Waals surface area contributed by atoms with Crippen molar-refractivity contribution in [3.8, 4) is 11.5 Å². The lowest BCUT2D eigenvalue weighted by atomic mass is 9.95. The molecule has 2 heterocycles. The standard InChI is InChI=1S/C34H28ClF2N5O3S/c1-20-30(32(43)39-28-12-5-6-13-29(28)44-2)31(21-14-16-23(17-15-21)45-18-24-25(35)9-7-11-27(24)37)42-33(38-20)40-34(41-42)46-19-22-8-3-4-10-26(22)36/h3-17,31H,18-19H2,1-2H3,(H,39,43)(H,38,40,41). The third kappa shape index (κ3) is 6.56. The molecule has 1 aliphatic heterocycles. The highest BCUT2D eigenvalue weighted by atomic mass is 35.5. The van der Waals surface area contributed by atoms with E-state index in [-0.39, 0.29) is 28.9 Å². The number of anilines is 2. The second kappa shape index (κ2) is 13.6. The average molecular weight is 660 g/mol. The number of benzene rings is 4. The Kier molecular flexibility index (Phi) is 9.23. The summed E-state index contributed by atoms with van der Waals surface area (Å²) < 4.78 is 41.5. The number of carbonyl (C=O) groups is 1. The zero-order valence-corrected chi connectivity index (χ0v) is 26.3. The van der Waals surface area contributed by atoms with Gasteiger partial charge in [-0.25, -0.2) is 13.5 Å². The topological polar surface area (TPSA) is 90.3 Å². The maximum absolute atomic E-state index is 14.3. The van der Waals surface area contributed by atoms with Gasteiger partial charge < -0.3 is 20.1 Å². The Morgan fingerprint density at radius 1 is 1.00 bits per heavy atom. The van der Waals surface area contributed by atoms with Gasteiger partial charge in [-0.3, -0.25) is 4.79 Å². The number of amides is 1. The van der Waals surface area contributed by atoms with E-state index in [1.807, 2.05) is 18.2 Å². The van der Waals surface area contributed by atoms with E-state index in [1.165, 1.54) is 37.1 Å². The van der Waals surface area contributed by atoms with Crippen molar-refractivity contribution >= 4 is 40.9 Å². The van der Waals surface area contributed by atoms with Crippen molar-refractivity contribution < 1.29 is 23.0 Å². The van der Waals surface area contributed by atoms with E-state index in [0.29, 0.717) is 50.9 Å². The Morgan fingerprint density at radius 2 is 1.74 bits per heavy atom. The molecule has 4 aromatic carbocycles. The zero-order valence-electron chi connectivity index (χ0n) is 24.8. The van der Waals surface area contributed by atoms with E-state index in [0.717, 1.165) is 5.56 Å². The molecule has 1 aliphatic rings. The molecule has 0 bridgehead atoms. The van der Waals surface area contributed by atoms with Gasteiger partial charge >= 0.3 is 0 Å². The summed E-state index contributed by atoms with van der Waals surface area (Å²) in [5.41, 5.74) is 3.00. The van der Waals surface area contributed by atoms with Crippen LogP contribution in [0.2, 0.25) is 5.02 Å². The molecule has 0 fully saturated rings. The Hall–Kier alpha value is -4.87. The molecule has 46 heavy (non-hydrogen) atoms. The van der Waals surface area contributed by atoms with Crippen LogP contribution in [0.1, 0.15) is 29.7 Å². The second-order valence-electron chi connectivity index (χ2n) is 10.3. The third-order valence-electron chi connectivity index (χ3n) is 7.39. The lowest BCUT2D eigenvalue weighted by molar-refractivity contribution is -0.113. The van der Waals surface area contributed by atoms with E-state index in [4.69, 9.17) is 26.2 Å². The SMILES string of the molecule is COc1ccccc1NC(=O)C1=C(C)Nc2nc(SCc3ccccc3F)nn2C1c1ccc(OCc2c(F)cccc2Cl)cc1. The predicted molar refractivity (Wildman–Crippen MR) is 174 cm³/mol. The summed E-state index contributed by atoms with van der Waals surface area (Å²) in [5, 5.41) is 11.6. The lowest BCUT2D eigenvalue weighted by Crippen LogP contribution is -2.31. The molecule has 0 aliphatic carbocycles. The molecular formula is C34H28ClF2N5O3S. The largest absolute Gasteiger partial charge is 0.495 e. The van der Waals surface area contributed by atoms with E-state index >= 15 is 0 Å². The summed E-state index contributed by atoms with van der Waals surface area (Å²) in [6, 6.07) is 24.6. The molecule has 5 aromatic rings. The van der Waals surface area contributed by atoms with Gasteiger partial charge in [0.15, 0.2) is 0 Å². The first-order valence-corrected chi connectivity index (χ1v) is 15.6. The number of carbonyl (C=O) groups excluding carboxylic acids is 1. The molecular weight excluding hydrogens is 632 g/mol. The van der Waals surface area contributed by atoms with Crippen molar-refractivity contribution in [2.75, 3.05) is 17.7 Å². The molecule has 0 saturated heterocycles. The molecule has 6 rings (SSSR count). The molecule has 8 nitrogen and oxygen atoms in total. The van der Waals surface area contributed by atoms with Gasteiger partial charge in [0.25, 0.3) is 5.91 Å². The van der Waals surface area contributed by atoms with Crippen molar-refractivity contribution in [3.63, 3.8) is 0 Å². The normalized spacial score (nSPS) is 14.0. The number of methoxy groups -OCH3 is 1. The van der Waals surface area contributed by atoms with Crippen LogP contribution in [0.4, 0.5) is 20.4 Å². The van der Waals surface area contributed by atoms with Gasteiger partial charge in [0.2, 0.25) is 11.1 Å². The average Bonchev–Trinajstić information content (AvgIpc) is 3.46. The van der Waals surface area contributed by atoms with Crippen molar-refractivity contribution in [1.82, 2.24) is 14.8 Å². The van der Waals surface area contributed by atoms with Crippen LogP contribution in [-0.2, 0) is 17.2 Å². The Morgan fingerprint density at radius 3 is 2.50 bits per heavy atom. The zero-order chi connectivity index (χ0) is 32.2. The first-order chi connectivity index (χ1) is 22.3. The van der Waals surface area contributed by atoms with Crippen molar-refractivity contribution in [1.29, 1.82) is 0 Å². The number of para-hydroxylation sites is 2. The Bertz CT molecular complexity index is 1910. The van der Waals surface area contributed by atoms with Gasteiger partial charge in [-0.2, -0.15) is 4.98 Å². The van der Waals surface area contributed by atoms with E-state index in [1.54, 1.807) is 66.2 Å². The fourth-order valence-corrected chi connectivity index (χ4v) is 6.10. The van der Waals surface area contributed by atoms with Gasteiger partial charge in [0.05, 0.1) is 23.4 Å². The van der Waals surface area contributed by atoms with Crippen LogP contribution in [0, 0.1) is 11.6 Å². The number of nitrogens with one attached hydrogen (secondary N) is 2. The number of hydrogen-bond acceptors (Lipinski definition) is 7. The number of rotatable bonds is 10. The number of thioether (sulfide) groups is 1. The van der Waals surface area contributed by atoms with Crippen LogP contribution in [0.25, 0.3) is 0 Å².